The zero-order valence-electron chi connectivity index (χ0n) is 15.6. The fraction of sp³-hybridized carbons (Fsp3) is 0.450. The molecule has 3 aliphatic heterocycles. The van der Waals surface area contributed by atoms with Crippen molar-refractivity contribution >= 4 is 40.6 Å². The van der Waals surface area contributed by atoms with Gasteiger partial charge in [0.05, 0.1) is 18.1 Å². The highest BCUT2D eigenvalue weighted by Crippen LogP contribution is 2.32. The van der Waals surface area contributed by atoms with Crippen LogP contribution >= 0.6 is 11.8 Å². The number of ether oxygens (including phenoxy) is 1. The van der Waals surface area contributed by atoms with Crippen molar-refractivity contribution in [2.75, 3.05) is 50.8 Å². The highest BCUT2D eigenvalue weighted by molar-refractivity contribution is 8.18. The summed E-state index contributed by atoms with van der Waals surface area (Å²) < 4.78 is 5.37. The summed E-state index contributed by atoms with van der Waals surface area (Å²) in [5.74, 6) is -0.546. The Kier molecular flexibility index (Phi) is 5.68. The average molecular weight is 401 g/mol. The summed E-state index contributed by atoms with van der Waals surface area (Å²) in [5.41, 5.74) is 1.97. The molecule has 4 rings (SSSR count). The van der Waals surface area contributed by atoms with E-state index in [1.807, 2.05) is 24.3 Å². The summed E-state index contributed by atoms with van der Waals surface area (Å²) in [5, 5.41) is -0.381. The molecule has 0 N–H and O–H groups in total. The van der Waals surface area contributed by atoms with Gasteiger partial charge in [0.25, 0.3) is 11.1 Å². The van der Waals surface area contributed by atoms with Gasteiger partial charge in [0.2, 0.25) is 5.91 Å². The number of amides is 3. The van der Waals surface area contributed by atoms with Crippen LogP contribution in [0.25, 0.3) is 6.08 Å². The minimum Gasteiger partial charge on any atom is -0.378 e. The number of carbonyl (C=O) groups excluding carboxylic acids is 3. The maximum absolute atomic E-state index is 12.6. The number of carbonyl (C=O) groups is 3. The van der Waals surface area contributed by atoms with E-state index >= 15 is 0 Å². The Labute approximate surface area is 168 Å². The SMILES string of the molecule is O=C(CN1C(=O)S/C(=C/c2ccc(N3CCOCC3)cc2)C1=O)N1CCCC1. The second-order valence-corrected chi connectivity index (χ2v) is 8.04. The van der Waals surface area contributed by atoms with E-state index < -0.39 is 0 Å². The molecule has 28 heavy (non-hydrogen) atoms. The van der Waals surface area contributed by atoms with E-state index in [0.717, 1.165) is 67.1 Å². The van der Waals surface area contributed by atoms with E-state index in [1.54, 1.807) is 11.0 Å². The number of rotatable bonds is 4. The van der Waals surface area contributed by atoms with Gasteiger partial charge in [0.1, 0.15) is 6.54 Å². The van der Waals surface area contributed by atoms with Crippen molar-refractivity contribution in [3.8, 4) is 0 Å². The Morgan fingerprint density at radius 2 is 1.71 bits per heavy atom. The number of benzene rings is 1. The maximum atomic E-state index is 12.6. The van der Waals surface area contributed by atoms with E-state index in [0.29, 0.717) is 18.0 Å². The van der Waals surface area contributed by atoms with Gasteiger partial charge >= 0.3 is 0 Å². The van der Waals surface area contributed by atoms with Crippen LogP contribution in [0.3, 0.4) is 0 Å². The highest BCUT2D eigenvalue weighted by atomic mass is 32.2. The largest absolute Gasteiger partial charge is 0.378 e. The number of imide groups is 1. The molecule has 8 heteroatoms. The predicted octanol–water partition coefficient (Wildman–Crippen LogP) is 2.18. The Bertz CT molecular complexity index is 796. The van der Waals surface area contributed by atoms with E-state index in [1.165, 1.54) is 0 Å². The fourth-order valence-corrected chi connectivity index (χ4v) is 4.43. The molecule has 1 aromatic carbocycles. The molecule has 0 bridgehead atoms. The lowest BCUT2D eigenvalue weighted by Crippen LogP contribution is -2.40. The molecule has 3 amide bonds. The normalized spacial score (nSPS) is 21.9. The van der Waals surface area contributed by atoms with Gasteiger partial charge in [-0.15, -0.1) is 0 Å². The molecule has 3 saturated heterocycles. The first kappa shape index (κ1) is 19.0. The van der Waals surface area contributed by atoms with Crippen LogP contribution < -0.4 is 4.90 Å². The van der Waals surface area contributed by atoms with Crippen molar-refractivity contribution in [3.05, 3.63) is 34.7 Å². The maximum Gasteiger partial charge on any atom is 0.294 e. The minimum absolute atomic E-state index is 0.157. The molecule has 7 nitrogen and oxygen atoms in total. The Hall–Kier alpha value is -2.32. The van der Waals surface area contributed by atoms with E-state index in [2.05, 4.69) is 4.90 Å². The second-order valence-electron chi connectivity index (χ2n) is 7.05. The predicted molar refractivity (Wildman–Crippen MR) is 108 cm³/mol. The molecule has 0 atom stereocenters. The van der Waals surface area contributed by atoms with Gasteiger partial charge in [0, 0.05) is 31.9 Å². The first-order chi connectivity index (χ1) is 13.6. The van der Waals surface area contributed by atoms with Crippen molar-refractivity contribution in [1.29, 1.82) is 0 Å². The van der Waals surface area contributed by atoms with Crippen LogP contribution in [-0.2, 0) is 14.3 Å². The van der Waals surface area contributed by atoms with Crippen molar-refractivity contribution in [2.45, 2.75) is 12.8 Å². The smallest absolute Gasteiger partial charge is 0.294 e. The van der Waals surface area contributed by atoms with E-state index in [-0.39, 0.29) is 23.6 Å². The third-order valence-corrected chi connectivity index (χ3v) is 6.10. The molecule has 148 valence electrons. The summed E-state index contributed by atoms with van der Waals surface area (Å²) in [7, 11) is 0. The lowest BCUT2D eigenvalue weighted by molar-refractivity contribution is -0.135. The molecule has 0 radical (unpaired) electrons. The van der Waals surface area contributed by atoms with Gasteiger partial charge in [-0.1, -0.05) is 12.1 Å². The Balaban J connectivity index is 1.42. The van der Waals surface area contributed by atoms with Crippen molar-refractivity contribution in [1.82, 2.24) is 9.80 Å². The molecule has 0 aliphatic carbocycles. The molecule has 0 aromatic heterocycles. The van der Waals surface area contributed by atoms with Crippen LogP contribution in [0.15, 0.2) is 29.2 Å². The molecule has 3 heterocycles. The van der Waals surface area contributed by atoms with Crippen molar-refractivity contribution in [3.63, 3.8) is 0 Å². The lowest BCUT2D eigenvalue weighted by atomic mass is 10.1. The van der Waals surface area contributed by atoms with Gasteiger partial charge < -0.3 is 14.5 Å². The van der Waals surface area contributed by atoms with Crippen LogP contribution in [0.2, 0.25) is 0 Å². The molecule has 0 saturated carbocycles. The van der Waals surface area contributed by atoms with Crippen LogP contribution in [-0.4, -0.2) is 72.8 Å². The van der Waals surface area contributed by atoms with Crippen LogP contribution in [0.1, 0.15) is 18.4 Å². The van der Waals surface area contributed by atoms with Crippen molar-refractivity contribution < 1.29 is 19.1 Å². The summed E-state index contributed by atoms with van der Waals surface area (Å²) >= 11 is 0.894. The zero-order chi connectivity index (χ0) is 19.5. The van der Waals surface area contributed by atoms with Gasteiger partial charge in [-0.3, -0.25) is 19.3 Å². The third-order valence-electron chi connectivity index (χ3n) is 5.19. The third kappa shape index (κ3) is 4.07. The topological polar surface area (TPSA) is 70.2 Å². The molecule has 3 fully saturated rings. The first-order valence-electron chi connectivity index (χ1n) is 9.58. The zero-order valence-corrected chi connectivity index (χ0v) is 16.5. The van der Waals surface area contributed by atoms with Crippen LogP contribution in [0, 0.1) is 0 Å². The quantitative estimate of drug-likeness (QED) is 0.721. The molecule has 3 aliphatic rings. The van der Waals surface area contributed by atoms with E-state index in [9.17, 15) is 14.4 Å². The van der Waals surface area contributed by atoms with E-state index in [4.69, 9.17) is 4.74 Å². The fourth-order valence-electron chi connectivity index (χ4n) is 3.59. The van der Waals surface area contributed by atoms with Crippen molar-refractivity contribution in [2.24, 2.45) is 0 Å². The number of thioether (sulfide) groups is 1. The van der Waals surface area contributed by atoms with Gasteiger partial charge in [-0.25, -0.2) is 0 Å². The number of likely N-dealkylation sites (tertiary alicyclic amines) is 1. The number of nitrogens with zero attached hydrogens (tertiary/aromatic N) is 3. The second kappa shape index (κ2) is 8.36. The van der Waals surface area contributed by atoms with Gasteiger partial charge in [0.15, 0.2) is 0 Å². The first-order valence-corrected chi connectivity index (χ1v) is 10.4. The number of anilines is 1. The summed E-state index contributed by atoms with van der Waals surface area (Å²) in [6.45, 7) is 4.43. The Morgan fingerprint density at radius 3 is 2.39 bits per heavy atom. The van der Waals surface area contributed by atoms with Gasteiger partial charge in [-0.05, 0) is 48.4 Å². The lowest BCUT2D eigenvalue weighted by Gasteiger charge is -2.28. The highest BCUT2D eigenvalue weighted by Gasteiger charge is 2.37. The molecular weight excluding hydrogens is 378 g/mol. The molecule has 0 spiro atoms. The van der Waals surface area contributed by atoms with Gasteiger partial charge in [-0.2, -0.15) is 0 Å². The minimum atomic E-state index is -0.389. The summed E-state index contributed by atoms with van der Waals surface area (Å²) in [6, 6.07) is 7.90. The number of hydrogen-bond donors (Lipinski definition) is 0. The molecule has 1 aromatic rings. The molecule has 0 unspecified atom stereocenters. The average Bonchev–Trinajstić information content (AvgIpc) is 3.34. The molecular formula is C20H23N3O4S. The Morgan fingerprint density at radius 1 is 1.04 bits per heavy atom. The van der Waals surface area contributed by atoms with Crippen LogP contribution in [0.4, 0.5) is 10.5 Å². The van der Waals surface area contributed by atoms with Crippen LogP contribution in [0.5, 0.6) is 0 Å². The summed E-state index contributed by atoms with van der Waals surface area (Å²) in [4.78, 5) is 42.5. The standard InChI is InChI=1S/C20H23N3O4S/c24-18(22-7-1-2-8-22)14-23-19(25)17(28-20(23)26)13-15-3-5-16(6-4-15)21-9-11-27-12-10-21/h3-6,13H,1-2,7-12,14H2/b17-13+. The monoisotopic (exact) mass is 401 g/mol. The number of hydrogen-bond acceptors (Lipinski definition) is 6. The number of morpholine rings is 1. The summed E-state index contributed by atoms with van der Waals surface area (Å²) in [6.07, 6.45) is 3.68.